The number of carbonyl (C=O) groups excluding carboxylic acids is 1. The molecule has 170 valence electrons. The minimum atomic E-state index is -4.04. The molecule has 0 N–H and O–H groups in total. The van der Waals surface area contributed by atoms with E-state index in [0.29, 0.717) is 5.56 Å². The molecule has 1 aliphatic rings. The van der Waals surface area contributed by atoms with Crippen molar-refractivity contribution in [2.45, 2.75) is 14.8 Å². The van der Waals surface area contributed by atoms with Crippen LogP contribution in [-0.2, 0) is 10.0 Å². The van der Waals surface area contributed by atoms with Gasteiger partial charge in [-0.25, -0.2) is 13.4 Å². The number of pyridine rings is 1. The van der Waals surface area contributed by atoms with Crippen LogP contribution >= 0.6 is 11.8 Å². The molecule has 0 bridgehead atoms. The lowest BCUT2D eigenvalue weighted by atomic mass is 10.2. The number of amides is 1. The van der Waals surface area contributed by atoms with Crippen molar-refractivity contribution in [1.82, 2.24) is 14.2 Å². The monoisotopic (exact) mass is 484 g/mol. The van der Waals surface area contributed by atoms with Crippen LogP contribution in [0.3, 0.4) is 0 Å². The minimum Gasteiger partial charge on any atom is -0.336 e. The number of piperazine rings is 1. The predicted octanol–water partition coefficient (Wildman–Crippen LogP) is 3.29. The molecule has 2 aromatic carbocycles. The normalized spacial score (nSPS) is 14.7. The second kappa shape index (κ2) is 9.69. The van der Waals surface area contributed by atoms with E-state index in [0.717, 1.165) is 9.92 Å². The molecule has 11 heteroatoms. The molecular weight excluding hydrogens is 464 g/mol. The Morgan fingerprint density at radius 1 is 0.939 bits per heavy atom. The molecular formula is C22H20N4O5S2. The third kappa shape index (κ3) is 5.05. The molecule has 0 atom stereocenters. The number of para-hydroxylation sites is 1. The Hall–Kier alpha value is -3.28. The molecule has 0 unspecified atom stereocenters. The molecule has 0 radical (unpaired) electrons. The highest BCUT2D eigenvalue weighted by molar-refractivity contribution is 7.99. The van der Waals surface area contributed by atoms with Gasteiger partial charge in [0.2, 0.25) is 10.0 Å². The van der Waals surface area contributed by atoms with Gasteiger partial charge in [0.25, 0.3) is 11.6 Å². The minimum absolute atomic E-state index is 0.0632. The fraction of sp³-hybridized carbons (Fsp3) is 0.182. The highest BCUT2D eigenvalue weighted by Gasteiger charge is 2.34. The van der Waals surface area contributed by atoms with E-state index in [-0.39, 0.29) is 37.0 Å². The SMILES string of the molecule is O=C(c1ccc(Sc2ccccn2)cc1)N1CCN(S(=O)(=O)c2ccccc2[N+](=O)[O-])CC1. The van der Waals surface area contributed by atoms with Crippen molar-refractivity contribution in [2.75, 3.05) is 26.2 Å². The first kappa shape index (κ1) is 22.9. The highest BCUT2D eigenvalue weighted by Crippen LogP contribution is 2.28. The van der Waals surface area contributed by atoms with Crippen LogP contribution in [0.5, 0.6) is 0 Å². The van der Waals surface area contributed by atoms with Crippen molar-refractivity contribution >= 4 is 33.4 Å². The van der Waals surface area contributed by atoms with Gasteiger partial charge in [-0.15, -0.1) is 0 Å². The molecule has 1 saturated heterocycles. The summed E-state index contributed by atoms with van der Waals surface area (Å²) < 4.78 is 27.1. The molecule has 9 nitrogen and oxygen atoms in total. The van der Waals surface area contributed by atoms with Crippen LogP contribution in [0, 0.1) is 10.1 Å². The summed E-state index contributed by atoms with van der Waals surface area (Å²) in [7, 11) is -4.04. The van der Waals surface area contributed by atoms with Crippen molar-refractivity contribution in [3.63, 3.8) is 0 Å². The van der Waals surface area contributed by atoms with E-state index in [1.54, 1.807) is 23.2 Å². The first-order valence-electron chi connectivity index (χ1n) is 10.1. The molecule has 0 saturated carbocycles. The molecule has 0 aliphatic carbocycles. The molecule has 0 spiro atoms. The second-order valence-electron chi connectivity index (χ2n) is 7.22. The van der Waals surface area contributed by atoms with E-state index in [4.69, 9.17) is 0 Å². The predicted molar refractivity (Wildman–Crippen MR) is 123 cm³/mol. The summed E-state index contributed by atoms with van der Waals surface area (Å²) in [6.45, 7) is 0.522. The molecule has 3 aromatic rings. The third-order valence-corrected chi connectivity index (χ3v) is 8.07. The summed E-state index contributed by atoms with van der Waals surface area (Å²) in [5, 5.41) is 12.1. The smallest absolute Gasteiger partial charge is 0.289 e. The van der Waals surface area contributed by atoms with Crippen molar-refractivity contribution in [3.8, 4) is 0 Å². The summed E-state index contributed by atoms with van der Waals surface area (Å²) in [5.41, 5.74) is 0.0510. The maximum absolute atomic E-state index is 13.0. The number of rotatable bonds is 6. The molecule has 2 heterocycles. The number of nitrogens with zero attached hydrogens (tertiary/aromatic N) is 4. The fourth-order valence-electron chi connectivity index (χ4n) is 3.47. The zero-order valence-electron chi connectivity index (χ0n) is 17.4. The van der Waals surface area contributed by atoms with E-state index >= 15 is 0 Å². The van der Waals surface area contributed by atoms with Gasteiger partial charge >= 0.3 is 0 Å². The Kier molecular flexibility index (Phi) is 6.72. The van der Waals surface area contributed by atoms with Gasteiger partial charge in [-0.2, -0.15) is 4.31 Å². The molecule has 4 rings (SSSR count). The van der Waals surface area contributed by atoms with Crippen LogP contribution < -0.4 is 0 Å². The van der Waals surface area contributed by atoms with Gasteiger partial charge in [0, 0.05) is 48.9 Å². The van der Waals surface area contributed by atoms with E-state index in [9.17, 15) is 23.3 Å². The third-order valence-electron chi connectivity index (χ3n) is 5.17. The lowest BCUT2D eigenvalue weighted by Gasteiger charge is -2.34. The average molecular weight is 485 g/mol. The van der Waals surface area contributed by atoms with Crippen LogP contribution in [0.25, 0.3) is 0 Å². The highest BCUT2D eigenvalue weighted by atomic mass is 32.2. The summed E-state index contributed by atoms with van der Waals surface area (Å²) in [4.78, 5) is 29.9. The Bertz CT molecular complexity index is 1260. The maximum atomic E-state index is 13.0. The Labute approximate surface area is 195 Å². The van der Waals surface area contributed by atoms with Gasteiger partial charge in [0.1, 0.15) is 5.03 Å². The first-order valence-corrected chi connectivity index (χ1v) is 12.3. The van der Waals surface area contributed by atoms with E-state index in [1.165, 1.54) is 40.3 Å². The van der Waals surface area contributed by atoms with Gasteiger partial charge in [-0.3, -0.25) is 14.9 Å². The van der Waals surface area contributed by atoms with Gasteiger partial charge in [-0.05, 0) is 42.5 Å². The van der Waals surface area contributed by atoms with Crippen molar-refractivity contribution in [2.24, 2.45) is 0 Å². The van der Waals surface area contributed by atoms with E-state index in [1.807, 2.05) is 30.3 Å². The van der Waals surface area contributed by atoms with Crippen molar-refractivity contribution in [1.29, 1.82) is 0 Å². The quantitative estimate of drug-likeness (QED) is 0.390. The number of benzene rings is 2. The van der Waals surface area contributed by atoms with Crippen molar-refractivity contribution in [3.05, 3.63) is 88.6 Å². The van der Waals surface area contributed by atoms with Crippen LogP contribution in [0.15, 0.2) is 87.7 Å². The van der Waals surface area contributed by atoms with E-state index in [2.05, 4.69) is 4.98 Å². The number of hydrogen-bond acceptors (Lipinski definition) is 7. The van der Waals surface area contributed by atoms with E-state index < -0.39 is 20.6 Å². The summed E-state index contributed by atoms with van der Waals surface area (Å²) >= 11 is 1.49. The Balaban J connectivity index is 1.40. The molecule has 33 heavy (non-hydrogen) atoms. The molecule has 1 fully saturated rings. The fourth-order valence-corrected chi connectivity index (χ4v) is 5.83. The summed E-state index contributed by atoms with van der Waals surface area (Å²) in [5.74, 6) is -0.188. The topological polar surface area (TPSA) is 114 Å². The number of aromatic nitrogens is 1. The average Bonchev–Trinajstić information content (AvgIpc) is 2.85. The van der Waals surface area contributed by atoms with Crippen LogP contribution in [0.1, 0.15) is 10.4 Å². The lowest BCUT2D eigenvalue weighted by Crippen LogP contribution is -2.50. The number of nitro groups is 1. The molecule has 1 aromatic heterocycles. The Morgan fingerprint density at radius 3 is 2.24 bits per heavy atom. The number of sulfonamides is 1. The largest absolute Gasteiger partial charge is 0.336 e. The van der Waals surface area contributed by atoms with Gasteiger partial charge in [0.15, 0.2) is 4.90 Å². The maximum Gasteiger partial charge on any atom is 0.289 e. The number of hydrogen-bond donors (Lipinski definition) is 0. The summed E-state index contributed by atoms with van der Waals surface area (Å²) in [6, 6.07) is 18.1. The molecule has 1 aliphatic heterocycles. The zero-order valence-corrected chi connectivity index (χ0v) is 19.0. The zero-order chi connectivity index (χ0) is 23.4. The lowest BCUT2D eigenvalue weighted by molar-refractivity contribution is -0.387. The standard InChI is InChI=1S/C22H20N4O5S2/c27-22(17-8-10-18(11-9-17)32-21-7-3-4-12-23-21)24-13-15-25(16-14-24)33(30,31)20-6-2-1-5-19(20)26(28)29/h1-12H,13-16H2. The van der Waals surface area contributed by atoms with Crippen LogP contribution in [0.2, 0.25) is 0 Å². The number of nitro benzene ring substituents is 1. The molecule has 1 amide bonds. The second-order valence-corrected chi connectivity index (χ2v) is 10.2. The Morgan fingerprint density at radius 2 is 1.61 bits per heavy atom. The van der Waals surface area contributed by atoms with Gasteiger partial charge in [-0.1, -0.05) is 30.0 Å². The van der Waals surface area contributed by atoms with Crippen molar-refractivity contribution < 1.29 is 18.1 Å². The summed E-state index contributed by atoms with van der Waals surface area (Å²) in [6.07, 6.45) is 1.72. The first-order chi connectivity index (χ1) is 15.9. The van der Waals surface area contributed by atoms with Gasteiger partial charge in [0.05, 0.1) is 4.92 Å². The number of carbonyl (C=O) groups is 1. The van der Waals surface area contributed by atoms with Crippen LogP contribution in [-0.4, -0.2) is 59.6 Å². The van der Waals surface area contributed by atoms with Crippen LogP contribution in [0.4, 0.5) is 5.69 Å². The van der Waals surface area contributed by atoms with Gasteiger partial charge < -0.3 is 4.90 Å².